The molecule has 0 saturated heterocycles. The van der Waals surface area contributed by atoms with Gasteiger partial charge in [-0.15, -0.1) is 0 Å². The van der Waals surface area contributed by atoms with Crippen LogP contribution in [-0.2, 0) is 17.6 Å². The molecule has 0 unspecified atom stereocenters. The normalized spacial score (nSPS) is 15.6. The molecule has 1 aromatic carbocycles. The Bertz CT molecular complexity index is 371. The first-order valence-electron chi connectivity index (χ1n) is 4.19. The lowest BCUT2D eigenvalue weighted by molar-refractivity contribution is -0.118. The van der Waals surface area contributed by atoms with Gasteiger partial charge in [0.1, 0.15) is 17.3 Å². The number of hydrogen-bond donors (Lipinski definition) is 1. The van der Waals surface area contributed by atoms with Crippen molar-refractivity contribution in [2.24, 2.45) is 0 Å². The fraction of sp³-hybridized carbons (Fsp3) is 0.300. The highest BCUT2D eigenvalue weighted by atomic mass is 19.1. The molecular formula is C10H9FO2. The number of carbonyl (C=O) groups excluding carboxylic acids is 1. The summed E-state index contributed by atoms with van der Waals surface area (Å²) in [6.45, 7) is 0. The second-order valence-electron chi connectivity index (χ2n) is 3.24. The number of phenolic OH excluding ortho intramolecular Hbond substituents is 1. The smallest absolute Gasteiger partial charge is 0.137 e. The minimum Gasteiger partial charge on any atom is -0.508 e. The molecule has 0 atom stereocenters. The van der Waals surface area contributed by atoms with Gasteiger partial charge in [-0.2, -0.15) is 0 Å². The van der Waals surface area contributed by atoms with Crippen LogP contribution >= 0.6 is 0 Å². The maximum Gasteiger partial charge on any atom is 0.137 e. The number of benzene rings is 1. The van der Waals surface area contributed by atoms with Gasteiger partial charge < -0.3 is 5.11 Å². The van der Waals surface area contributed by atoms with Gasteiger partial charge in [0, 0.05) is 24.0 Å². The Balaban J connectivity index is 2.57. The van der Waals surface area contributed by atoms with Gasteiger partial charge in [-0.1, -0.05) is 0 Å². The molecule has 2 rings (SSSR count). The van der Waals surface area contributed by atoms with Crippen LogP contribution in [0, 0.1) is 5.82 Å². The average Bonchev–Trinajstić information content (AvgIpc) is 2.12. The van der Waals surface area contributed by atoms with Crippen molar-refractivity contribution in [1.82, 2.24) is 0 Å². The number of aromatic hydroxyl groups is 1. The number of carbonyl (C=O) groups is 1. The highest BCUT2D eigenvalue weighted by Crippen LogP contribution is 2.29. The zero-order chi connectivity index (χ0) is 9.42. The molecule has 0 spiro atoms. The lowest BCUT2D eigenvalue weighted by Gasteiger charge is -2.16. The van der Waals surface area contributed by atoms with Gasteiger partial charge >= 0.3 is 0 Å². The number of fused-ring (bicyclic) bond motifs is 1. The number of Topliss-reactive ketones (excluding diaryl/α,β-unsaturated/α-hetero) is 1. The summed E-state index contributed by atoms with van der Waals surface area (Å²) < 4.78 is 13.2. The quantitative estimate of drug-likeness (QED) is 0.658. The van der Waals surface area contributed by atoms with Crippen LogP contribution in [0.1, 0.15) is 17.5 Å². The summed E-state index contributed by atoms with van der Waals surface area (Å²) in [5.41, 5.74) is 0.968. The molecule has 0 saturated carbocycles. The number of phenols is 1. The molecule has 3 heteroatoms. The lowest BCUT2D eigenvalue weighted by atomic mass is 9.90. The van der Waals surface area contributed by atoms with Crippen molar-refractivity contribution < 1.29 is 14.3 Å². The summed E-state index contributed by atoms with van der Waals surface area (Å²) in [6, 6.07) is 2.54. The molecule has 1 aliphatic rings. The number of hydrogen-bond acceptors (Lipinski definition) is 2. The largest absolute Gasteiger partial charge is 0.508 e. The Kier molecular flexibility index (Phi) is 1.79. The molecule has 0 radical (unpaired) electrons. The average molecular weight is 180 g/mol. The third kappa shape index (κ3) is 1.30. The second kappa shape index (κ2) is 2.83. The number of halogens is 1. The zero-order valence-corrected chi connectivity index (χ0v) is 7.01. The van der Waals surface area contributed by atoms with Crippen molar-refractivity contribution in [2.75, 3.05) is 0 Å². The van der Waals surface area contributed by atoms with Crippen molar-refractivity contribution in [3.8, 4) is 5.75 Å². The minimum absolute atomic E-state index is 0.0389. The van der Waals surface area contributed by atoms with E-state index in [1.807, 2.05) is 0 Å². The first-order valence-corrected chi connectivity index (χ1v) is 4.19. The third-order valence-electron chi connectivity index (χ3n) is 2.38. The molecule has 0 fully saturated rings. The maximum absolute atomic E-state index is 13.2. The first kappa shape index (κ1) is 8.23. The van der Waals surface area contributed by atoms with Crippen molar-refractivity contribution in [2.45, 2.75) is 19.3 Å². The van der Waals surface area contributed by atoms with E-state index in [1.54, 1.807) is 0 Å². The van der Waals surface area contributed by atoms with Crippen molar-refractivity contribution >= 4 is 5.78 Å². The van der Waals surface area contributed by atoms with Crippen LogP contribution in [0.3, 0.4) is 0 Å². The highest BCUT2D eigenvalue weighted by molar-refractivity contribution is 5.83. The standard InChI is InChI=1S/C10H9FO2/c11-9-3-4-10(13)7-2-1-6(12)5-8(7)9/h3-4,13H,1-2,5H2. The van der Waals surface area contributed by atoms with Gasteiger partial charge in [0.2, 0.25) is 0 Å². The van der Waals surface area contributed by atoms with Gasteiger partial charge in [0.25, 0.3) is 0 Å². The summed E-state index contributed by atoms with van der Waals surface area (Å²) in [7, 11) is 0. The van der Waals surface area contributed by atoms with Crippen LogP contribution in [0.25, 0.3) is 0 Å². The van der Waals surface area contributed by atoms with Crippen LogP contribution < -0.4 is 0 Å². The molecule has 68 valence electrons. The summed E-state index contributed by atoms with van der Waals surface area (Å²) in [5, 5.41) is 9.39. The summed E-state index contributed by atoms with van der Waals surface area (Å²) >= 11 is 0. The van der Waals surface area contributed by atoms with Crippen LogP contribution in [0.4, 0.5) is 4.39 Å². The van der Waals surface area contributed by atoms with Gasteiger partial charge in [0.15, 0.2) is 0 Å². The Morgan fingerprint density at radius 1 is 1.23 bits per heavy atom. The first-order chi connectivity index (χ1) is 6.18. The summed E-state index contributed by atoms with van der Waals surface area (Å²) in [4.78, 5) is 11.0. The monoisotopic (exact) mass is 180 g/mol. The Labute approximate surface area is 75.0 Å². The van der Waals surface area contributed by atoms with Crippen molar-refractivity contribution in [3.05, 3.63) is 29.1 Å². The SMILES string of the molecule is O=C1CCc2c(O)ccc(F)c2C1. The van der Waals surface area contributed by atoms with Crippen molar-refractivity contribution in [1.29, 1.82) is 0 Å². The molecular weight excluding hydrogens is 171 g/mol. The van der Waals surface area contributed by atoms with E-state index in [9.17, 15) is 14.3 Å². The van der Waals surface area contributed by atoms with Crippen molar-refractivity contribution in [3.63, 3.8) is 0 Å². The van der Waals surface area contributed by atoms with E-state index in [4.69, 9.17) is 0 Å². The molecule has 0 amide bonds. The van der Waals surface area contributed by atoms with E-state index in [0.29, 0.717) is 24.0 Å². The summed E-state index contributed by atoms with van der Waals surface area (Å²) in [6.07, 6.45) is 0.983. The number of ketones is 1. The second-order valence-corrected chi connectivity index (χ2v) is 3.24. The molecule has 0 aliphatic heterocycles. The van der Waals surface area contributed by atoms with Crippen LogP contribution in [0.5, 0.6) is 5.75 Å². The maximum atomic E-state index is 13.2. The van der Waals surface area contributed by atoms with Gasteiger partial charge in [-0.3, -0.25) is 4.79 Å². The Hall–Kier alpha value is -1.38. The molecule has 0 aromatic heterocycles. The van der Waals surface area contributed by atoms with E-state index >= 15 is 0 Å². The van der Waals surface area contributed by atoms with Crippen LogP contribution in [0.2, 0.25) is 0 Å². The molecule has 1 aromatic rings. The molecule has 2 nitrogen and oxygen atoms in total. The molecule has 1 aliphatic carbocycles. The topological polar surface area (TPSA) is 37.3 Å². The Morgan fingerprint density at radius 2 is 2.00 bits per heavy atom. The van der Waals surface area contributed by atoms with E-state index in [1.165, 1.54) is 12.1 Å². The van der Waals surface area contributed by atoms with E-state index in [-0.39, 0.29) is 23.8 Å². The number of rotatable bonds is 0. The van der Waals surface area contributed by atoms with E-state index in [0.717, 1.165) is 0 Å². The van der Waals surface area contributed by atoms with Gasteiger partial charge in [-0.05, 0) is 18.6 Å². The fourth-order valence-electron chi connectivity index (χ4n) is 1.67. The molecule has 0 bridgehead atoms. The fourth-order valence-corrected chi connectivity index (χ4v) is 1.67. The lowest BCUT2D eigenvalue weighted by Crippen LogP contribution is -2.14. The van der Waals surface area contributed by atoms with E-state index < -0.39 is 0 Å². The zero-order valence-electron chi connectivity index (χ0n) is 7.01. The predicted octanol–water partition coefficient (Wildman–Crippen LogP) is 1.59. The molecule has 13 heavy (non-hydrogen) atoms. The summed E-state index contributed by atoms with van der Waals surface area (Å²) in [5.74, 6) is -0.248. The van der Waals surface area contributed by atoms with Crippen LogP contribution in [-0.4, -0.2) is 10.9 Å². The predicted molar refractivity (Wildman–Crippen MR) is 45.1 cm³/mol. The third-order valence-corrected chi connectivity index (χ3v) is 2.38. The van der Waals surface area contributed by atoms with Gasteiger partial charge in [0.05, 0.1) is 0 Å². The van der Waals surface area contributed by atoms with Crippen LogP contribution in [0.15, 0.2) is 12.1 Å². The Morgan fingerprint density at radius 3 is 2.77 bits per heavy atom. The molecule has 1 N–H and O–H groups in total. The van der Waals surface area contributed by atoms with Gasteiger partial charge in [-0.25, -0.2) is 4.39 Å². The highest BCUT2D eigenvalue weighted by Gasteiger charge is 2.21. The minimum atomic E-state index is -0.388. The molecule has 0 heterocycles. The van der Waals surface area contributed by atoms with E-state index in [2.05, 4.69) is 0 Å².